The maximum atomic E-state index is 12.0. The van der Waals surface area contributed by atoms with Gasteiger partial charge in [-0.1, -0.05) is 30.3 Å². The number of ether oxygens (including phenoxy) is 2. The molecule has 1 heterocycles. The van der Waals surface area contributed by atoms with E-state index < -0.39 is 12.1 Å². The van der Waals surface area contributed by atoms with E-state index in [9.17, 15) is 9.59 Å². The topological polar surface area (TPSA) is 84.9 Å². The Morgan fingerprint density at radius 3 is 2.75 bits per heavy atom. The second kappa shape index (κ2) is 7.04. The average molecular weight is 327 g/mol. The number of fused-ring (bicyclic) bond motifs is 1. The summed E-state index contributed by atoms with van der Waals surface area (Å²) in [7, 11) is 0. The summed E-state index contributed by atoms with van der Waals surface area (Å²) in [5.74, 6) is -0.437. The maximum absolute atomic E-state index is 12.0. The van der Waals surface area contributed by atoms with Gasteiger partial charge >= 0.3 is 12.1 Å². The fraction of sp³-hybridized carbons (Fsp3) is 0.222. The predicted octanol–water partition coefficient (Wildman–Crippen LogP) is 3.13. The molecule has 1 amide bonds. The number of amides is 1. The number of alkyl carbamates (subject to hydrolysis) is 1. The number of hydrogen-bond acceptors (Lipinski definition) is 4. The van der Waals surface area contributed by atoms with Crippen molar-refractivity contribution in [1.29, 1.82) is 0 Å². The van der Waals surface area contributed by atoms with Crippen molar-refractivity contribution in [3.63, 3.8) is 0 Å². The molecule has 0 saturated heterocycles. The number of carbonyl (C=O) groups excluding carboxylic acids is 1. The maximum Gasteiger partial charge on any atom is 0.407 e. The summed E-state index contributed by atoms with van der Waals surface area (Å²) in [5.41, 5.74) is 1.70. The molecule has 2 aromatic carbocycles. The second-order valence-corrected chi connectivity index (χ2v) is 5.45. The van der Waals surface area contributed by atoms with Gasteiger partial charge in [0.05, 0.1) is 18.2 Å². The van der Waals surface area contributed by atoms with Crippen LogP contribution in [0.25, 0.3) is 0 Å². The van der Waals surface area contributed by atoms with Gasteiger partial charge in [-0.25, -0.2) is 9.59 Å². The minimum atomic E-state index is -1.02. The summed E-state index contributed by atoms with van der Waals surface area (Å²) in [4.78, 5) is 23.1. The highest BCUT2D eigenvalue weighted by molar-refractivity contribution is 5.88. The van der Waals surface area contributed by atoms with Gasteiger partial charge < -0.3 is 19.9 Å². The molecule has 0 aliphatic carbocycles. The van der Waals surface area contributed by atoms with Crippen LogP contribution in [0.2, 0.25) is 0 Å². The van der Waals surface area contributed by atoms with Crippen molar-refractivity contribution in [3.8, 4) is 5.75 Å². The zero-order valence-electron chi connectivity index (χ0n) is 12.9. The molecule has 24 heavy (non-hydrogen) atoms. The van der Waals surface area contributed by atoms with Crippen molar-refractivity contribution in [2.75, 3.05) is 6.61 Å². The van der Waals surface area contributed by atoms with Crippen LogP contribution in [0.4, 0.5) is 4.79 Å². The number of aromatic carboxylic acids is 1. The molecule has 0 fully saturated rings. The second-order valence-electron chi connectivity index (χ2n) is 5.45. The highest BCUT2D eigenvalue weighted by Gasteiger charge is 2.24. The van der Waals surface area contributed by atoms with E-state index in [1.165, 1.54) is 12.1 Å². The summed E-state index contributed by atoms with van der Waals surface area (Å²) < 4.78 is 10.7. The quantitative estimate of drug-likeness (QED) is 0.901. The van der Waals surface area contributed by atoms with Crippen LogP contribution >= 0.6 is 0 Å². The first kappa shape index (κ1) is 15.9. The van der Waals surface area contributed by atoms with Crippen LogP contribution in [0.5, 0.6) is 5.75 Å². The van der Waals surface area contributed by atoms with Crippen LogP contribution in [-0.4, -0.2) is 23.8 Å². The van der Waals surface area contributed by atoms with E-state index >= 15 is 0 Å². The minimum absolute atomic E-state index is 0.156. The first-order valence-corrected chi connectivity index (χ1v) is 7.61. The summed E-state index contributed by atoms with van der Waals surface area (Å²) in [5, 5.41) is 11.9. The molecule has 124 valence electrons. The molecule has 0 bridgehead atoms. The van der Waals surface area contributed by atoms with Crippen LogP contribution in [-0.2, 0) is 11.3 Å². The summed E-state index contributed by atoms with van der Waals surface area (Å²) in [6, 6.07) is 13.7. The first-order valence-electron chi connectivity index (χ1n) is 7.61. The number of rotatable bonds is 4. The summed E-state index contributed by atoms with van der Waals surface area (Å²) >= 11 is 0. The standard InChI is InChI=1S/C18H17NO5/c20-17(21)13-6-7-16-14(10-13)15(8-9-23-16)19-18(22)24-11-12-4-2-1-3-5-12/h1-7,10,15H,8-9,11H2,(H,19,22)(H,20,21). The summed E-state index contributed by atoms with van der Waals surface area (Å²) in [6.45, 7) is 0.626. The van der Waals surface area contributed by atoms with Gasteiger partial charge in [0.2, 0.25) is 0 Å². The molecule has 1 aliphatic rings. The van der Waals surface area contributed by atoms with E-state index in [0.717, 1.165) is 5.56 Å². The van der Waals surface area contributed by atoms with E-state index in [2.05, 4.69) is 5.32 Å². The Hall–Kier alpha value is -3.02. The zero-order valence-corrected chi connectivity index (χ0v) is 12.9. The highest BCUT2D eigenvalue weighted by atomic mass is 16.5. The number of benzene rings is 2. The van der Waals surface area contributed by atoms with E-state index in [4.69, 9.17) is 14.6 Å². The molecule has 2 aromatic rings. The third-order valence-corrected chi connectivity index (χ3v) is 3.80. The van der Waals surface area contributed by atoms with Crippen molar-refractivity contribution in [3.05, 3.63) is 65.2 Å². The predicted molar refractivity (Wildman–Crippen MR) is 86.0 cm³/mol. The lowest BCUT2D eigenvalue weighted by molar-refractivity contribution is 0.0696. The van der Waals surface area contributed by atoms with Gasteiger partial charge in [-0.05, 0) is 23.8 Å². The van der Waals surface area contributed by atoms with E-state index in [1.54, 1.807) is 6.07 Å². The highest BCUT2D eigenvalue weighted by Crippen LogP contribution is 2.32. The van der Waals surface area contributed by atoms with Crippen molar-refractivity contribution in [1.82, 2.24) is 5.32 Å². The third kappa shape index (κ3) is 3.65. The molecule has 3 rings (SSSR count). The van der Waals surface area contributed by atoms with E-state index in [0.29, 0.717) is 24.3 Å². The molecule has 0 spiro atoms. The lowest BCUT2D eigenvalue weighted by Crippen LogP contribution is -2.32. The minimum Gasteiger partial charge on any atom is -0.493 e. The third-order valence-electron chi connectivity index (χ3n) is 3.80. The van der Waals surface area contributed by atoms with Crippen LogP contribution in [0.15, 0.2) is 48.5 Å². The SMILES string of the molecule is O=C(NC1CCOc2ccc(C(=O)O)cc21)OCc1ccccc1. The molecule has 0 saturated carbocycles. The van der Waals surface area contributed by atoms with Gasteiger partial charge in [0.25, 0.3) is 0 Å². The fourth-order valence-corrected chi connectivity index (χ4v) is 2.58. The fourth-order valence-electron chi connectivity index (χ4n) is 2.58. The van der Waals surface area contributed by atoms with Gasteiger partial charge in [0, 0.05) is 12.0 Å². The molecule has 0 aromatic heterocycles. The van der Waals surface area contributed by atoms with Gasteiger partial charge in [0.1, 0.15) is 12.4 Å². The van der Waals surface area contributed by atoms with Gasteiger partial charge in [-0.15, -0.1) is 0 Å². The smallest absolute Gasteiger partial charge is 0.407 e. The van der Waals surface area contributed by atoms with Crippen LogP contribution in [0, 0.1) is 0 Å². The Labute approximate surface area is 139 Å². The lowest BCUT2D eigenvalue weighted by Gasteiger charge is -2.26. The van der Waals surface area contributed by atoms with Crippen molar-refractivity contribution in [2.24, 2.45) is 0 Å². The first-order chi connectivity index (χ1) is 11.6. The Morgan fingerprint density at radius 2 is 2.00 bits per heavy atom. The molecular formula is C18H17NO5. The largest absolute Gasteiger partial charge is 0.493 e. The molecule has 6 heteroatoms. The molecule has 2 N–H and O–H groups in total. The Kier molecular flexibility index (Phi) is 4.65. The van der Waals surface area contributed by atoms with E-state index in [-0.39, 0.29) is 18.2 Å². The number of carboxylic acids is 1. The average Bonchev–Trinajstić information content (AvgIpc) is 2.61. The van der Waals surface area contributed by atoms with Crippen LogP contribution < -0.4 is 10.1 Å². The number of hydrogen-bond donors (Lipinski definition) is 2. The summed E-state index contributed by atoms with van der Waals surface area (Å²) in [6.07, 6.45) is 0.00805. The Bertz CT molecular complexity index is 744. The Morgan fingerprint density at radius 1 is 1.21 bits per heavy atom. The Balaban J connectivity index is 1.67. The zero-order chi connectivity index (χ0) is 16.9. The van der Waals surface area contributed by atoms with Gasteiger partial charge in [0.15, 0.2) is 0 Å². The normalized spacial score (nSPS) is 15.8. The molecule has 1 aliphatic heterocycles. The van der Waals surface area contributed by atoms with Crippen molar-refractivity contribution in [2.45, 2.75) is 19.1 Å². The molecule has 1 unspecified atom stereocenters. The molecular weight excluding hydrogens is 310 g/mol. The van der Waals surface area contributed by atoms with Gasteiger partial charge in [-0.2, -0.15) is 0 Å². The molecule has 0 radical (unpaired) electrons. The van der Waals surface area contributed by atoms with Crippen LogP contribution in [0.3, 0.4) is 0 Å². The number of carboxylic acid groups (broad SMARTS) is 1. The van der Waals surface area contributed by atoms with Crippen molar-refractivity contribution >= 4 is 12.1 Å². The lowest BCUT2D eigenvalue weighted by atomic mass is 9.98. The molecule has 1 atom stereocenters. The molecule has 6 nitrogen and oxygen atoms in total. The van der Waals surface area contributed by atoms with Gasteiger partial charge in [-0.3, -0.25) is 0 Å². The van der Waals surface area contributed by atoms with Crippen molar-refractivity contribution < 1.29 is 24.2 Å². The van der Waals surface area contributed by atoms with E-state index in [1.807, 2.05) is 30.3 Å². The monoisotopic (exact) mass is 327 g/mol. The number of carbonyl (C=O) groups is 2. The number of nitrogens with one attached hydrogen (secondary N) is 1. The van der Waals surface area contributed by atoms with Crippen LogP contribution in [0.1, 0.15) is 33.9 Å².